The fourth-order valence-corrected chi connectivity index (χ4v) is 5.95. The Hall–Kier alpha value is 0.1000. The molecule has 0 N–H and O–H groups in total. The average Bonchev–Trinajstić information content (AvgIpc) is 2.87. The summed E-state index contributed by atoms with van der Waals surface area (Å²) in [6.07, 6.45) is 28.4. The second-order valence-corrected chi connectivity index (χ2v) is 13.8. The summed E-state index contributed by atoms with van der Waals surface area (Å²) in [5.74, 6) is 0. The average molecular weight is 691 g/mol. The van der Waals surface area contributed by atoms with E-state index >= 15 is 0 Å². The molecular weight excluding hydrogens is 620 g/mol. The van der Waals surface area contributed by atoms with Gasteiger partial charge in [0.1, 0.15) is 13.1 Å². The molecule has 238 valence electrons. The monoisotopic (exact) mass is 688 g/mol. The zero-order valence-corrected chi connectivity index (χ0v) is 31.1. The molecule has 0 saturated carbocycles. The molecule has 0 aliphatic rings. The van der Waals surface area contributed by atoms with E-state index in [-0.39, 0.29) is 34.0 Å². The standard InChI is InChI=1S/C36H70N2.2BrH/c1-7-9-11-13-15-17-19-21-23-25-31-37(3,4)33-35-27-29-36(30-28-35)34-38(5,6)32-26-24-22-20-18-16-14-12-10-8-2;;/h27-30H,7-26,31-34H2,1-6H3;2*1H/q+2;;/p-2. The lowest BCUT2D eigenvalue weighted by atomic mass is 10.1. The van der Waals surface area contributed by atoms with E-state index in [4.69, 9.17) is 0 Å². The summed E-state index contributed by atoms with van der Waals surface area (Å²) in [6.45, 7) is 9.48. The van der Waals surface area contributed by atoms with Gasteiger partial charge in [0.15, 0.2) is 0 Å². The van der Waals surface area contributed by atoms with E-state index in [1.165, 1.54) is 153 Å². The Morgan fingerprint density at radius 3 is 0.850 bits per heavy atom. The fourth-order valence-electron chi connectivity index (χ4n) is 5.95. The van der Waals surface area contributed by atoms with E-state index in [2.05, 4.69) is 66.3 Å². The predicted molar refractivity (Wildman–Crippen MR) is 171 cm³/mol. The highest BCUT2D eigenvalue weighted by atomic mass is 79.9. The Balaban J connectivity index is 0. The summed E-state index contributed by atoms with van der Waals surface area (Å²) >= 11 is 0. The third kappa shape index (κ3) is 24.7. The van der Waals surface area contributed by atoms with Crippen LogP contribution in [0.1, 0.15) is 153 Å². The van der Waals surface area contributed by atoms with Crippen molar-refractivity contribution >= 4 is 0 Å². The Labute approximate surface area is 273 Å². The number of quaternary nitrogens is 2. The first-order chi connectivity index (χ1) is 18.3. The van der Waals surface area contributed by atoms with Crippen LogP contribution >= 0.6 is 0 Å². The van der Waals surface area contributed by atoms with Gasteiger partial charge in [0.25, 0.3) is 0 Å². The number of unbranched alkanes of at least 4 members (excludes halogenated alkanes) is 18. The van der Waals surface area contributed by atoms with Gasteiger partial charge in [-0.15, -0.1) is 0 Å². The largest absolute Gasteiger partial charge is 1.00 e. The maximum atomic E-state index is 2.41. The van der Waals surface area contributed by atoms with Crippen molar-refractivity contribution in [1.29, 1.82) is 0 Å². The van der Waals surface area contributed by atoms with Crippen molar-refractivity contribution in [3.05, 3.63) is 35.4 Å². The molecule has 0 saturated heterocycles. The minimum absolute atomic E-state index is 0. The van der Waals surface area contributed by atoms with E-state index in [0.717, 1.165) is 22.1 Å². The SMILES string of the molecule is CCCCCCCCCCCC[N+](C)(C)Cc1ccc(C[N+](C)(C)CCCCCCCCCCCC)cc1.[Br-].[Br-]. The summed E-state index contributed by atoms with van der Waals surface area (Å²) in [6, 6.07) is 9.59. The van der Waals surface area contributed by atoms with Crippen LogP contribution in [0, 0.1) is 0 Å². The molecule has 0 bridgehead atoms. The van der Waals surface area contributed by atoms with Gasteiger partial charge in [-0.25, -0.2) is 0 Å². The molecule has 4 heteroatoms. The van der Waals surface area contributed by atoms with Crippen LogP contribution in [0.3, 0.4) is 0 Å². The molecule has 0 aliphatic carbocycles. The highest BCUT2D eigenvalue weighted by Gasteiger charge is 2.18. The van der Waals surface area contributed by atoms with E-state index in [1.807, 2.05) is 0 Å². The molecule has 2 nitrogen and oxygen atoms in total. The number of rotatable bonds is 26. The molecular formula is C36H70Br2N2. The van der Waals surface area contributed by atoms with E-state index < -0.39 is 0 Å². The van der Waals surface area contributed by atoms with Crippen LogP contribution in [0.4, 0.5) is 0 Å². The van der Waals surface area contributed by atoms with Crippen molar-refractivity contribution in [2.45, 2.75) is 155 Å². The van der Waals surface area contributed by atoms with Crippen LogP contribution in [-0.4, -0.2) is 50.2 Å². The molecule has 0 radical (unpaired) electrons. The molecule has 1 aromatic carbocycles. The number of benzene rings is 1. The highest BCUT2D eigenvalue weighted by molar-refractivity contribution is 5.21. The van der Waals surface area contributed by atoms with Crippen molar-refractivity contribution in [3.63, 3.8) is 0 Å². The highest BCUT2D eigenvalue weighted by Crippen LogP contribution is 2.18. The Kier molecular flexibility index (Phi) is 28.2. The van der Waals surface area contributed by atoms with E-state index in [0.29, 0.717) is 0 Å². The van der Waals surface area contributed by atoms with Crippen LogP contribution in [0.15, 0.2) is 24.3 Å². The second-order valence-electron chi connectivity index (χ2n) is 13.8. The van der Waals surface area contributed by atoms with Crippen molar-refractivity contribution in [3.8, 4) is 0 Å². The fraction of sp³-hybridized carbons (Fsp3) is 0.833. The second kappa shape index (κ2) is 26.7. The number of halogens is 2. The molecule has 0 spiro atoms. The van der Waals surface area contributed by atoms with Crippen molar-refractivity contribution < 1.29 is 42.9 Å². The number of nitrogens with zero attached hydrogens (tertiary/aromatic N) is 2. The first-order valence-corrected chi connectivity index (χ1v) is 17.0. The third-order valence-corrected chi connectivity index (χ3v) is 8.48. The number of hydrogen-bond acceptors (Lipinski definition) is 0. The molecule has 0 amide bonds. The van der Waals surface area contributed by atoms with Crippen LogP contribution in [0.2, 0.25) is 0 Å². The molecule has 0 unspecified atom stereocenters. The van der Waals surface area contributed by atoms with E-state index in [1.54, 1.807) is 0 Å². The zero-order valence-electron chi connectivity index (χ0n) is 27.9. The van der Waals surface area contributed by atoms with Gasteiger partial charge in [0.05, 0.1) is 41.3 Å². The summed E-state index contributed by atoms with van der Waals surface area (Å²) in [5.41, 5.74) is 2.98. The molecule has 1 aromatic rings. The first kappa shape index (κ1) is 42.2. The summed E-state index contributed by atoms with van der Waals surface area (Å²) in [5, 5.41) is 0. The quantitative estimate of drug-likeness (QED) is 0.0979. The maximum absolute atomic E-state index is 2.41. The minimum atomic E-state index is 0. The van der Waals surface area contributed by atoms with Crippen molar-refractivity contribution in [2.75, 3.05) is 41.3 Å². The normalized spacial score (nSPS) is 11.8. The summed E-state index contributed by atoms with van der Waals surface area (Å²) in [4.78, 5) is 0. The lowest BCUT2D eigenvalue weighted by Gasteiger charge is -2.31. The van der Waals surface area contributed by atoms with Gasteiger partial charge in [-0.3, -0.25) is 0 Å². The maximum Gasteiger partial charge on any atom is 0.104 e. The topological polar surface area (TPSA) is 0 Å². The zero-order chi connectivity index (χ0) is 28.0. The van der Waals surface area contributed by atoms with Crippen LogP contribution in [0.25, 0.3) is 0 Å². The van der Waals surface area contributed by atoms with Gasteiger partial charge in [-0.1, -0.05) is 141 Å². The molecule has 0 heterocycles. The van der Waals surface area contributed by atoms with E-state index in [9.17, 15) is 0 Å². The predicted octanol–water partition coefficient (Wildman–Crippen LogP) is 4.69. The first-order valence-electron chi connectivity index (χ1n) is 17.0. The Morgan fingerprint density at radius 2 is 0.600 bits per heavy atom. The van der Waals surface area contributed by atoms with Gasteiger partial charge < -0.3 is 42.9 Å². The van der Waals surface area contributed by atoms with Crippen molar-refractivity contribution in [1.82, 2.24) is 0 Å². The number of hydrogen-bond donors (Lipinski definition) is 0. The van der Waals surface area contributed by atoms with Crippen molar-refractivity contribution in [2.24, 2.45) is 0 Å². The molecule has 1 rings (SSSR count). The lowest BCUT2D eigenvalue weighted by Crippen LogP contribution is -3.00. The lowest BCUT2D eigenvalue weighted by molar-refractivity contribution is -0.904. The summed E-state index contributed by atoms with van der Waals surface area (Å²) in [7, 11) is 9.64. The molecule has 0 aromatic heterocycles. The molecule has 0 atom stereocenters. The van der Waals surface area contributed by atoms with Gasteiger partial charge in [0, 0.05) is 11.1 Å². The molecule has 0 aliphatic heterocycles. The van der Waals surface area contributed by atoms with Gasteiger partial charge >= 0.3 is 0 Å². The van der Waals surface area contributed by atoms with Gasteiger partial charge in [0.2, 0.25) is 0 Å². The Morgan fingerprint density at radius 1 is 0.375 bits per heavy atom. The molecule has 40 heavy (non-hydrogen) atoms. The van der Waals surface area contributed by atoms with Crippen LogP contribution in [-0.2, 0) is 13.1 Å². The smallest absolute Gasteiger partial charge is 0.104 e. The Bertz CT molecular complexity index is 600. The minimum Gasteiger partial charge on any atom is -1.00 e. The molecule has 0 fully saturated rings. The third-order valence-electron chi connectivity index (χ3n) is 8.48. The van der Waals surface area contributed by atoms with Gasteiger partial charge in [-0.2, -0.15) is 0 Å². The summed E-state index contributed by atoms with van der Waals surface area (Å²) < 4.78 is 2.22. The van der Waals surface area contributed by atoms with Gasteiger partial charge in [-0.05, 0) is 25.7 Å². The van der Waals surface area contributed by atoms with Crippen LogP contribution in [0.5, 0.6) is 0 Å². The van der Waals surface area contributed by atoms with Crippen LogP contribution < -0.4 is 34.0 Å².